The Labute approximate surface area is 107 Å². The fourth-order valence-corrected chi connectivity index (χ4v) is 5.08. The second-order valence-electron chi connectivity index (χ2n) is 4.04. The number of hydrogen-bond acceptors (Lipinski definition) is 4. The van der Waals surface area contributed by atoms with Crippen LogP contribution >= 0.6 is 39.0 Å². The molecule has 0 amide bonds. The van der Waals surface area contributed by atoms with E-state index in [1.165, 1.54) is 28.6 Å². The molecule has 2 unspecified atom stereocenters. The summed E-state index contributed by atoms with van der Waals surface area (Å²) < 4.78 is 1.41. The average molecular weight is 307 g/mol. The first-order valence-electron chi connectivity index (χ1n) is 4.99. The Morgan fingerprint density at radius 2 is 2.40 bits per heavy atom. The SMILES string of the molecule is CC1(C(NN)c2cscc2Br)CCCS1. The van der Waals surface area contributed by atoms with Crippen LogP contribution in [-0.2, 0) is 0 Å². The number of nitrogens with two attached hydrogens (primary N) is 1. The lowest BCUT2D eigenvalue weighted by Crippen LogP contribution is -2.41. The highest BCUT2D eigenvalue weighted by atomic mass is 79.9. The molecule has 1 saturated heterocycles. The van der Waals surface area contributed by atoms with Gasteiger partial charge in [-0.3, -0.25) is 11.3 Å². The molecule has 15 heavy (non-hydrogen) atoms. The summed E-state index contributed by atoms with van der Waals surface area (Å²) in [6.45, 7) is 2.30. The van der Waals surface area contributed by atoms with Crippen molar-refractivity contribution in [1.82, 2.24) is 5.43 Å². The first kappa shape index (κ1) is 11.9. The van der Waals surface area contributed by atoms with E-state index in [0.29, 0.717) is 0 Å². The first-order valence-corrected chi connectivity index (χ1v) is 7.71. The third-order valence-corrected chi connectivity index (χ3v) is 6.32. The van der Waals surface area contributed by atoms with Crippen molar-refractivity contribution in [1.29, 1.82) is 0 Å². The summed E-state index contributed by atoms with van der Waals surface area (Å²) in [5.74, 6) is 6.96. The van der Waals surface area contributed by atoms with Gasteiger partial charge in [0.2, 0.25) is 0 Å². The maximum absolute atomic E-state index is 5.72. The van der Waals surface area contributed by atoms with Gasteiger partial charge in [0.05, 0.1) is 6.04 Å². The molecule has 1 aromatic rings. The van der Waals surface area contributed by atoms with E-state index < -0.39 is 0 Å². The van der Waals surface area contributed by atoms with Gasteiger partial charge in [-0.15, -0.1) is 0 Å². The molecule has 84 valence electrons. The average Bonchev–Trinajstić information content (AvgIpc) is 2.79. The minimum absolute atomic E-state index is 0.234. The molecule has 1 aromatic heterocycles. The molecule has 2 nitrogen and oxygen atoms in total. The van der Waals surface area contributed by atoms with Gasteiger partial charge < -0.3 is 0 Å². The van der Waals surface area contributed by atoms with E-state index >= 15 is 0 Å². The Balaban J connectivity index is 2.27. The lowest BCUT2D eigenvalue weighted by atomic mass is 9.92. The van der Waals surface area contributed by atoms with Crippen LogP contribution in [0.5, 0.6) is 0 Å². The highest BCUT2D eigenvalue weighted by Crippen LogP contribution is 2.48. The van der Waals surface area contributed by atoms with Crippen molar-refractivity contribution in [2.24, 2.45) is 5.84 Å². The molecule has 2 rings (SSSR count). The van der Waals surface area contributed by atoms with E-state index in [0.717, 1.165) is 0 Å². The molecule has 5 heteroatoms. The van der Waals surface area contributed by atoms with Crippen LogP contribution in [-0.4, -0.2) is 10.5 Å². The number of rotatable bonds is 3. The van der Waals surface area contributed by atoms with Crippen molar-refractivity contribution in [2.45, 2.75) is 30.6 Å². The van der Waals surface area contributed by atoms with E-state index in [4.69, 9.17) is 5.84 Å². The number of thioether (sulfide) groups is 1. The molecule has 0 aliphatic carbocycles. The summed E-state index contributed by atoms with van der Waals surface area (Å²) in [7, 11) is 0. The van der Waals surface area contributed by atoms with Crippen molar-refractivity contribution in [2.75, 3.05) is 5.75 Å². The Hall–Kier alpha value is 0.450. The van der Waals surface area contributed by atoms with Crippen LogP contribution in [0.4, 0.5) is 0 Å². The highest BCUT2D eigenvalue weighted by Gasteiger charge is 2.39. The van der Waals surface area contributed by atoms with Gasteiger partial charge in [0.1, 0.15) is 0 Å². The van der Waals surface area contributed by atoms with E-state index in [1.54, 1.807) is 11.3 Å². The molecule has 1 aliphatic heterocycles. The van der Waals surface area contributed by atoms with Gasteiger partial charge in [0.15, 0.2) is 0 Å². The third kappa shape index (κ3) is 2.26. The van der Waals surface area contributed by atoms with E-state index in [2.05, 4.69) is 39.0 Å². The number of halogens is 1. The van der Waals surface area contributed by atoms with Gasteiger partial charge in [-0.05, 0) is 52.4 Å². The van der Waals surface area contributed by atoms with Crippen molar-refractivity contribution in [3.05, 3.63) is 20.8 Å². The van der Waals surface area contributed by atoms with Gasteiger partial charge in [-0.1, -0.05) is 0 Å². The monoisotopic (exact) mass is 306 g/mol. The lowest BCUT2D eigenvalue weighted by molar-refractivity contribution is 0.420. The van der Waals surface area contributed by atoms with Gasteiger partial charge >= 0.3 is 0 Å². The number of hydrazine groups is 1. The molecule has 2 atom stereocenters. The Bertz CT molecular complexity index is 334. The summed E-state index contributed by atoms with van der Waals surface area (Å²) in [6.07, 6.45) is 2.52. The lowest BCUT2D eigenvalue weighted by Gasteiger charge is -2.32. The zero-order valence-corrected chi connectivity index (χ0v) is 11.8. The Morgan fingerprint density at radius 3 is 2.87 bits per heavy atom. The summed E-state index contributed by atoms with van der Waals surface area (Å²) in [5.41, 5.74) is 4.27. The number of hydrogen-bond donors (Lipinski definition) is 2. The smallest absolute Gasteiger partial charge is 0.0623 e. The highest BCUT2D eigenvalue weighted by molar-refractivity contribution is 9.10. The molecule has 3 N–H and O–H groups in total. The normalized spacial score (nSPS) is 28.2. The number of thiophene rings is 1. The van der Waals surface area contributed by atoms with E-state index in [9.17, 15) is 0 Å². The van der Waals surface area contributed by atoms with Crippen LogP contribution in [0.15, 0.2) is 15.2 Å². The quantitative estimate of drug-likeness (QED) is 0.665. The van der Waals surface area contributed by atoms with Crippen molar-refractivity contribution in [3.63, 3.8) is 0 Å². The Kier molecular flexibility index (Phi) is 3.78. The van der Waals surface area contributed by atoms with Crippen molar-refractivity contribution >= 4 is 39.0 Å². The molecule has 2 heterocycles. The molecular weight excluding hydrogens is 292 g/mol. The van der Waals surface area contributed by atoms with E-state index in [-0.39, 0.29) is 10.8 Å². The second kappa shape index (κ2) is 4.75. The van der Waals surface area contributed by atoms with Crippen LogP contribution < -0.4 is 11.3 Å². The first-order chi connectivity index (χ1) is 7.17. The molecule has 0 saturated carbocycles. The fraction of sp³-hybridized carbons (Fsp3) is 0.600. The van der Waals surface area contributed by atoms with Gasteiger partial charge in [-0.2, -0.15) is 23.1 Å². The van der Waals surface area contributed by atoms with Crippen LogP contribution in [0.3, 0.4) is 0 Å². The molecule has 0 spiro atoms. The molecule has 0 aromatic carbocycles. The molecule has 0 bridgehead atoms. The molecule has 1 aliphatic rings. The predicted molar refractivity (Wildman–Crippen MR) is 72.2 cm³/mol. The van der Waals surface area contributed by atoms with Crippen molar-refractivity contribution in [3.8, 4) is 0 Å². The van der Waals surface area contributed by atoms with Crippen LogP contribution in [0, 0.1) is 0 Å². The van der Waals surface area contributed by atoms with E-state index in [1.807, 2.05) is 11.8 Å². The molecule has 1 fully saturated rings. The fourth-order valence-electron chi connectivity index (χ4n) is 2.12. The number of nitrogens with one attached hydrogen (secondary N) is 1. The van der Waals surface area contributed by atoms with Crippen LogP contribution in [0.2, 0.25) is 0 Å². The van der Waals surface area contributed by atoms with Gasteiger partial charge in [0, 0.05) is 14.6 Å². The summed E-state index contributed by atoms with van der Waals surface area (Å²) >= 11 is 7.33. The van der Waals surface area contributed by atoms with Gasteiger partial charge in [-0.25, -0.2) is 0 Å². The minimum Gasteiger partial charge on any atom is -0.271 e. The minimum atomic E-state index is 0.234. The molecular formula is C10H15BrN2S2. The van der Waals surface area contributed by atoms with Crippen molar-refractivity contribution < 1.29 is 0 Å². The standard InChI is InChI=1S/C10H15BrN2S2/c1-10(3-2-4-15-10)9(13-12)7-5-14-6-8(7)11/h5-6,9,13H,2-4,12H2,1H3. The molecule has 0 radical (unpaired) electrons. The summed E-state index contributed by atoms with van der Waals surface area (Å²) in [5, 5.41) is 4.29. The zero-order valence-electron chi connectivity index (χ0n) is 8.63. The second-order valence-corrected chi connectivity index (χ2v) is 7.27. The maximum Gasteiger partial charge on any atom is 0.0623 e. The van der Waals surface area contributed by atoms with Gasteiger partial charge in [0.25, 0.3) is 0 Å². The third-order valence-electron chi connectivity index (χ3n) is 2.98. The maximum atomic E-state index is 5.72. The Morgan fingerprint density at radius 1 is 1.60 bits per heavy atom. The summed E-state index contributed by atoms with van der Waals surface area (Å²) in [4.78, 5) is 0. The predicted octanol–water partition coefficient (Wildman–Crippen LogP) is 3.30. The van der Waals surface area contributed by atoms with Crippen LogP contribution in [0.25, 0.3) is 0 Å². The summed E-state index contributed by atoms with van der Waals surface area (Å²) in [6, 6.07) is 0.241. The largest absolute Gasteiger partial charge is 0.271 e. The topological polar surface area (TPSA) is 38.0 Å². The van der Waals surface area contributed by atoms with Crippen LogP contribution in [0.1, 0.15) is 31.4 Å². The zero-order chi connectivity index (χ0) is 10.9.